The minimum absolute atomic E-state index is 0.167. The van der Waals surface area contributed by atoms with E-state index in [1.807, 2.05) is 24.3 Å². The Labute approximate surface area is 163 Å². The first-order valence-corrected chi connectivity index (χ1v) is 9.86. The van der Waals surface area contributed by atoms with Gasteiger partial charge in [-0.25, -0.2) is 9.98 Å². The topological polar surface area (TPSA) is 50.4 Å². The Kier molecular flexibility index (Phi) is 5.91. The third-order valence-electron chi connectivity index (χ3n) is 4.00. The van der Waals surface area contributed by atoms with E-state index < -0.39 is 0 Å². The van der Waals surface area contributed by atoms with Crippen molar-refractivity contribution in [3.63, 3.8) is 0 Å². The van der Waals surface area contributed by atoms with Crippen molar-refractivity contribution in [2.45, 2.75) is 32.7 Å². The Morgan fingerprint density at radius 3 is 2.80 bits per heavy atom. The Balaban J connectivity index is 1.99. The highest BCUT2D eigenvalue weighted by molar-refractivity contribution is 9.11. The molecule has 3 rings (SSSR count). The lowest BCUT2D eigenvalue weighted by Gasteiger charge is -2.06. The lowest BCUT2D eigenvalue weighted by molar-refractivity contribution is 0.471. The van der Waals surface area contributed by atoms with Gasteiger partial charge >= 0.3 is 0 Å². The van der Waals surface area contributed by atoms with Gasteiger partial charge in [0.05, 0.1) is 15.5 Å². The molecule has 25 heavy (non-hydrogen) atoms. The number of aliphatic imine (C=N–C) groups is 1. The second-order valence-corrected chi connectivity index (χ2v) is 7.61. The van der Waals surface area contributed by atoms with Gasteiger partial charge in [0.15, 0.2) is 0 Å². The predicted octanol–water partition coefficient (Wildman–Crippen LogP) is 6.21. The van der Waals surface area contributed by atoms with E-state index >= 15 is 0 Å². The van der Waals surface area contributed by atoms with Gasteiger partial charge in [-0.15, -0.1) is 0 Å². The van der Waals surface area contributed by atoms with Crippen LogP contribution in [0.3, 0.4) is 0 Å². The van der Waals surface area contributed by atoms with Gasteiger partial charge in [0.25, 0.3) is 0 Å². The van der Waals surface area contributed by atoms with E-state index in [0.717, 1.165) is 28.5 Å². The van der Waals surface area contributed by atoms with Gasteiger partial charge < -0.3 is 9.67 Å². The molecule has 0 aliphatic rings. The molecule has 0 spiro atoms. The van der Waals surface area contributed by atoms with Crippen molar-refractivity contribution in [3.8, 4) is 5.75 Å². The van der Waals surface area contributed by atoms with Crippen molar-refractivity contribution in [2.75, 3.05) is 0 Å². The number of fused-ring (bicyclic) bond motifs is 1. The third kappa shape index (κ3) is 4.12. The lowest BCUT2D eigenvalue weighted by atomic mass is 10.2. The first kappa shape index (κ1) is 18.1. The number of rotatable bonds is 6. The molecule has 0 unspecified atom stereocenters. The first-order chi connectivity index (χ1) is 12.1. The van der Waals surface area contributed by atoms with Crippen LogP contribution in [0.2, 0.25) is 0 Å². The van der Waals surface area contributed by atoms with Crippen LogP contribution in [0.4, 0.5) is 5.95 Å². The summed E-state index contributed by atoms with van der Waals surface area (Å²) in [5, 5.41) is 10.2. The smallest absolute Gasteiger partial charge is 0.230 e. The van der Waals surface area contributed by atoms with Gasteiger partial charge in [0.1, 0.15) is 5.75 Å². The standard InChI is InChI=1S/C19H19Br2N3O/c1-2-3-6-9-24-17-8-5-4-7-16(17)23-19(24)22-12-13-10-14(20)11-15(21)18(13)25/h4-5,7-8,10-12,25H,2-3,6,9H2,1H3/b22-12+. The molecule has 0 amide bonds. The Morgan fingerprint density at radius 1 is 1.20 bits per heavy atom. The second kappa shape index (κ2) is 8.15. The molecule has 0 aliphatic carbocycles. The Morgan fingerprint density at radius 2 is 2.00 bits per heavy atom. The van der Waals surface area contributed by atoms with Crippen molar-refractivity contribution in [1.82, 2.24) is 9.55 Å². The highest BCUT2D eigenvalue weighted by Gasteiger charge is 2.10. The van der Waals surface area contributed by atoms with E-state index in [1.165, 1.54) is 12.8 Å². The van der Waals surface area contributed by atoms with E-state index in [2.05, 4.69) is 59.4 Å². The van der Waals surface area contributed by atoms with Gasteiger partial charge in [-0.2, -0.15) is 0 Å². The zero-order valence-corrected chi connectivity index (χ0v) is 17.1. The zero-order valence-electron chi connectivity index (χ0n) is 13.9. The fraction of sp³-hybridized carbons (Fsp3) is 0.263. The maximum absolute atomic E-state index is 10.2. The number of halogens is 2. The summed E-state index contributed by atoms with van der Waals surface area (Å²) in [6.07, 6.45) is 5.09. The van der Waals surface area contributed by atoms with Gasteiger partial charge in [0, 0.05) is 22.8 Å². The van der Waals surface area contributed by atoms with Crippen LogP contribution in [0, 0.1) is 0 Å². The van der Waals surface area contributed by atoms with E-state index in [1.54, 1.807) is 12.3 Å². The van der Waals surface area contributed by atoms with Crippen LogP contribution in [0.15, 0.2) is 50.3 Å². The molecule has 1 N–H and O–H groups in total. The molecule has 130 valence electrons. The van der Waals surface area contributed by atoms with Crippen molar-refractivity contribution >= 4 is 55.1 Å². The maximum atomic E-state index is 10.2. The number of unbranched alkanes of at least 4 members (excludes halogenated alkanes) is 2. The molecule has 0 saturated carbocycles. The lowest BCUT2D eigenvalue weighted by Crippen LogP contribution is -1.97. The number of para-hydroxylation sites is 2. The minimum atomic E-state index is 0.167. The molecule has 1 aromatic heterocycles. The highest BCUT2D eigenvalue weighted by Crippen LogP contribution is 2.31. The molecule has 6 heteroatoms. The van der Waals surface area contributed by atoms with Crippen LogP contribution in [0.5, 0.6) is 5.75 Å². The van der Waals surface area contributed by atoms with Crippen molar-refractivity contribution in [2.24, 2.45) is 4.99 Å². The average molecular weight is 465 g/mol. The van der Waals surface area contributed by atoms with Gasteiger partial charge in [-0.1, -0.05) is 47.8 Å². The monoisotopic (exact) mass is 463 g/mol. The van der Waals surface area contributed by atoms with Crippen LogP contribution in [-0.4, -0.2) is 20.9 Å². The molecule has 0 radical (unpaired) electrons. The molecule has 0 aliphatic heterocycles. The number of phenols is 1. The molecule has 1 heterocycles. The number of hydrogen-bond acceptors (Lipinski definition) is 3. The summed E-state index contributed by atoms with van der Waals surface area (Å²) in [6.45, 7) is 3.08. The van der Waals surface area contributed by atoms with Crippen LogP contribution in [0.25, 0.3) is 11.0 Å². The van der Waals surface area contributed by atoms with Crippen LogP contribution < -0.4 is 0 Å². The van der Waals surface area contributed by atoms with Gasteiger partial charge in [-0.3, -0.25) is 0 Å². The van der Waals surface area contributed by atoms with E-state index in [-0.39, 0.29) is 5.75 Å². The molecule has 2 aromatic carbocycles. The van der Waals surface area contributed by atoms with Crippen molar-refractivity contribution in [3.05, 3.63) is 50.9 Å². The van der Waals surface area contributed by atoms with Crippen LogP contribution in [-0.2, 0) is 6.54 Å². The molecule has 4 nitrogen and oxygen atoms in total. The number of phenolic OH excluding ortho intramolecular Hbond substituents is 1. The van der Waals surface area contributed by atoms with E-state index in [4.69, 9.17) is 0 Å². The zero-order chi connectivity index (χ0) is 17.8. The van der Waals surface area contributed by atoms with Crippen LogP contribution >= 0.6 is 31.9 Å². The number of aromatic nitrogens is 2. The quantitative estimate of drug-likeness (QED) is 0.348. The summed E-state index contributed by atoms with van der Waals surface area (Å²) >= 11 is 6.78. The largest absolute Gasteiger partial charge is 0.506 e. The van der Waals surface area contributed by atoms with Crippen molar-refractivity contribution in [1.29, 1.82) is 0 Å². The van der Waals surface area contributed by atoms with Crippen molar-refractivity contribution < 1.29 is 5.11 Å². The number of imidazole rings is 1. The fourth-order valence-electron chi connectivity index (χ4n) is 2.71. The second-order valence-electron chi connectivity index (χ2n) is 5.84. The van der Waals surface area contributed by atoms with E-state index in [0.29, 0.717) is 16.0 Å². The molecule has 0 fully saturated rings. The molecular formula is C19H19Br2N3O. The van der Waals surface area contributed by atoms with Gasteiger partial charge in [0.2, 0.25) is 5.95 Å². The number of aryl methyl sites for hydroxylation is 1. The average Bonchev–Trinajstić information content (AvgIpc) is 2.95. The van der Waals surface area contributed by atoms with E-state index in [9.17, 15) is 5.11 Å². The van der Waals surface area contributed by atoms with Gasteiger partial charge in [-0.05, 0) is 46.6 Å². The summed E-state index contributed by atoms with van der Waals surface area (Å²) in [5.74, 6) is 0.827. The summed E-state index contributed by atoms with van der Waals surface area (Å²) in [5.41, 5.74) is 2.66. The number of nitrogens with zero attached hydrogens (tertiary/aromatic N) is 3. The third-order valence-corrected chi connectivity index (χ3v) is 5.06. The number of hydrogen-bond donors (Lipinski definition) is 1. The molecule has 0 saturated heterocycles. The summed E-state index contributed by atoms with van der Waals surface area (Å²) in [6, 6.07) is 11.7. The summed E-state index contributed by atoms with van der Waals surface area (Å²) < 4.78 is 3.64. The summed E-state index contributed by atoms with van der Waals surface area (Å²) in [4.78, 5) is 9.20. The normalized spacial score (nSPS) is 11.6. The predicted molar refractivity (Wildman–Crippen MR) is 110 cm³/mol. The summed E-state index contributed by atoms with van der Waals surface area (Å²) in [7, 11) is 0. The first-order valence-electron chi connectivity index (χ1n) is 8.27. The molecule has 0 atom stereocenters. The Bertz CT molecular complexity index is 918. The highest BCUT2D eigenvalue weighted by atomic mass is 79.9. The fourth-order valence-corrected chi connectivity index (χ4v) is 3.97. The minimum Gasteiger partial charge on any atom is -0.506 e. The number of benzene rings is 2. The molecule has 0 bridgehead atoms. The maximum Gasteiger partial charge on any atom is 0.230 e. The SMILES string of the molecule is CCCCCn1c(/N=C/c2cc(Br)cc(Br)c2O)nc2ccccc21. The molecule has 3 aromatic rings. The Hall–Kier alpha value is -1.66. The number of aromatic hydroxyl groups is 1. The van der Waals surface area contributed by atoms with Crippen LogP contribution in [0.1, 0.15) is 31.7 Å². The molecular weight excluding hydrogens is 446 g/mol.